The minimum atomic E-state index is -3.47. The van der Waals surface area contributed by atoms with E-state index in [9.17, 15) is 8.42 Å². The largest absolute Gasteiger partial charge is 0.368 e. The van der Waals surface area contributed by atoms with Gasteiger partial charge < -0.3 is 4.90 Å². The lowest BCUT2D eigenvalue weighted by Crippen LogP contribution is -2.48. The van der Waals surface area contributed by atoms with Gasteiger partial charge in [0.05, 0.1) is 16.8 Å². The molecule has 2 heterocycles. The Morgan fingerprint density at radius 3 is 2.19 bits per heavy atom. The molecule has 1 aliphatic heterocycles. The minimum absolute atomic E-state index is 0.343. The van der Waals surface area contributed by atoms with Crippen LogP contribution < -0.4 is 4.90 Å². The predicted molar refractivity (Wildman–Crippen MR) is 100 cm³/mol. The van der Waals surface area contributed by atoms with Crippen molar-refractivity contribution in [3.8, 4) is 6.07 Å². The molecule has 1 aromatic carbocycles. The minimum Gasteiger partial charge on any atom is -0.368 e. The predicted octanol–water partition coefficient (Wildman–Crippen LogP) is 2.59. The van der Waals surface area contributed by atoms with Crippen LogP contribution in [-0.2, 0) is 10.0 Å². The molecule has 0 bridgehead atoms. The van der Waals surface area contributed by atoms with E-state index in [1.807, 2.05) is 24.3 Å². The maximum atomic E-state index is 12.9. The van der Waals surface area contributed by atoms with Crippen LogP contribution in [0, 0.1) is 11.3 Å². The third-order valence-electron chi connectivity index (χ3n) is 4.65. The third kappa shape index (κ3) is 3.71. The first-order valence-corrected chi connectivity index (χ1v) is 10.1. The first-order valence-electron chi connectivity index (χ1n) is 8.63. The lowest BCUT2D eigenvalue weighted by molar-refractivity contribution is 0.385. The molecule has 136 valence electrons. The van der Waals surface area contributed by atoms with E-state index in [1.165, 1.54) is 4.31 Å². The van der Waals surface area contributed by atoms with Gasteiger partial charge in [-0.1, -0.05) is 26.0 Å². The van der Waals surface area contributed by atoms with Gasteiger partial charge in [0.15, 0.2) is 0 Å². The molecule has 0 saturated carbocycles. The summed E-state index contributed by atoms with van der Waals surface area (Å²) >= 11 is 0. The van der Waals surface area contributed by atoms with Crippen LogP contribution in [-0.4, -0.2) is 43.9 Å². The SMILES string of the molecule is CC(C)c1ccc(S(=O)(=O)N2CCN(c3ccc(C#N)nc3)CC2)cc1. The summed E-state index contributed by atoms with van der Waals surface area (Å²) in [5.41, 5.74) is 2.41. The lowest BCUT2D eigenvalue weighted by atomic mass is 10.0. The van der Waals surface area contributed by atoms with Gasteiger partial charge in [-0.25, -0.2) is 13.4 Å². The van der Waals surface area contributed by atoms with Crippen molar-refractivity contribution in [2.75, 3.05) is 31.1 Å². The van der Waals surface area contributed by atoms with Crippen molar-refractivity contribution in [1.82, 2.24) is 9.29 Å². The standard InChI is InChI=1S/C19H22N4O2S/c1-15(2)16-3-7-19(8-4-16)26(24,25)23-11-9-22(10-12-23)18-6-5-17(13-20)21-14-18/h3-8,14-15H,9-12H2,1-2H3. The molecule has 7 heteroatoms. The number of hydrogen-bond acceptors (Lipinski definition) is 5. The number of sulfonamides is 1. The first kappa shape index (κ1) is 18.4. The van der Waals surface area contributed by atoms with Crippen molar-refractivity contribution < 1.29 is 8.42 Å². The Hall–Kier alpha value is -2.43. The average Bonchev–Trinajstić information content (AvgIpc) is 2.68. The molecule has 0 spiro atoms. The molecule has 0 radical (unpaired) electrons. The van der Waals surface area contributed by atoms with Gasteiger partial charge in [-0.3, -0.25) is 0 Å². The fraction of sp³-hybridized carbons (Fsp3) is 0.368. The van der Waals surface area contributed by atoms with Gasteiger partial charge >= 0.3 is 0 Å². The molecule has 0 atom stereocenters. The summed E-state index contributed by atoms with van der Waals surface area (Å²) < 4.78 is 27.2. The van der Waals surface area contributed by atoms with E-state index in [0.717, 1.165) is 11.3 Å². The van der Waals surface area contributed by atoms with Crippen molar-refractivity contribution in [2.24, 2.45) is 0 Å². The highest BCUT2D eigenvalue weighted by Gasteiger charge is 2.28. The van der Waals surface area contributed by atoms with Crippen molar-refractivity contribution >= 4 is 15.7 Å². The van der Waals surface area contributed by atoms with E-state index in [0.29, 0.717) is 42.7 Å². The highest BCUT2D eigenvalue weighted by molar-refractivity contribution is 7.89. The van der Waals surface area contributed by atoms with E-state index >= 15 is 0 Å². The molecular formula is C19H22N4O2S. The normalized spacial score (nSPS) is 15.8. The molecular weight excluding hydrogens is 348 g/mol. The van der Waals surface area contributed by atoms with Crippen LogP contribution in [0.25, 0.3) is 0 Å². The van der Waals surface area contributed by atoms with Crippen LogP contribution in [0.2, 0.25) is 0 Å². The summed E-state index contributed by atoms with van der Waals surface area (Å²) in [7, 11) is -3.47. The van der Waals surface area contributed by atoms with Crippen molar-refractivity contribution in [1.29, 1.82) is 5.26 Å². The number of rotatable bonds is 4. The summed E-state index contributed by atoms with van der Waals surface area (Å²) in [5, 5.41) is 8.82. The maximum absolute atomic E-state index is 12.9. The zero-order valence-electron chi connectivity index (χ0n) is 15.0. The molecule has 26 heavy (non-hydrogen) atoms. The van der Waals surface area contributed by atoms with Gasteiger partial charge in [0.25, 0.3) is 0 Å². The van der Waals surface area contributed by atoms with Crippen LogP contribution in [0.1, 0.15) is 31.0 Å². The number of aromatic nitrogens is 1. The third-order valence-corrected chi connectivity index (χ3v) is 6.56. The Morgan fingerprint density at radius 2 is 1.69 bits per heavy atom. The highest BCUT2D eigenvalue weighted by atomic mass is 32.2. The quantitative estimate of drug-likeness (QED) is 0.827. The van der Waals surface area contributed by atoms with Crippen molar-refractivity contribution in [3.63, 3.8) is 0 Å². The van der Waals surface area contributed by atoms with Crippen LogP contribution in [0.4, 0.5) is 5.69 Å². The van der Waals surface area contributed by atoms with Crippen LogP contribution in [0.5, 0.6) is 0 Å². The number of anilines is 1. The highest BCUT2D eigenvalue weighted by Crippen LogP contribution is 2.23. The molecule has 1 fully saturated rings. The molecule has 0 aliphatic carbocycles. The number of hydrogen-bond donors (Lipinski definition) is 0. The fourth-order valence-electron chi connectivity index (χ4n) is 3.00. The summed E-state index contributed by atoms with van der Waals surface area (Å²) in [6, 6.07) is 12.7. The van der Waals surface area contributed by atoms with Gasteiger partial charge in [-0.05, 0) is 35.7 Å². The van der Waals surface area contributed by atoms with Crippen LogP contribution in [0.3, 0.4) is 0 Å². The molecule has 3 rings (SSSR count). The number of benzene rings is 1. The summed E-state index contributed by atoms with van der Waals surface area (Å²) in [5.74, 6) is 0.372. The van der Waals surface area contributed by atoms with Gasteiger partial charge in [-0.15, -0.1) is 0 Å². The Labute approximate surface area is 154 Å². The number of nitriles is 1. The second-order valence-corrected chi connectivity index (χ2v) is 8.57. The zero-order valence-corrected chi connectivity index (χ0v) is 15.8. The van der Waals surface area contributed by atoms with E-state index < -0.39 is 10.0 Å². The van der Waals surface area contributed by atoms with E-state index in [2.05, 4.69) is 23.7 Å². The smallest absolute Gasteiger partial charge is 0.243 e. The van der Waals surface area contributed by atoms with Gasteiger partial charge in [-0.2, -0.15) is 9.57 Å². The van der Waals surface area contributed by atoms with E-state index in [1.54, 1.807) is 24.4 Å². The maximum Gasteiger partial charge on any atom is 0.243 e. The molecule has 2 aromatic rings. The average molecular weight is 370 g/mol. The molecule has 6 nitrogen and oxygen atoms in total. The molecule has 1 aromatic heterocycles. The van der Waals surface area contributed by atoms with Crippen molar-refractivity contribution in [2.45, 2.75) is 24.7 Å². The Bertz CT molecular complexity index is 892. The zero-order chi connectivity index (χ0) is 18.7. The molecule has 0 N–H and O–H groups in total. The number of piperazine rings is 1. The Morgan fingerprint density at radius 1 is 1.04 bits per heavy atom. The van der Waals surface area contributed by atoms with E-state index in [-0.39, 0.29) is 0 Å². The fourth-order valence-corrected chi connectivity index (χ4v) is 4.42. The first-order chi connectivity index (χ1) is 12.4. The topological polar surface area (TPSA) is 77.3 Å². The van der Waals surface area contributed by atoms with Gasteiger partial charge in [0.1, 0.15) is 11.8 Å². The van der Waals surface area contributed by atoms with Crippen LogP contribution >= 0.6 is 0 Å². The number of nitrogens with zero attached hydrogens (tertiary/aromatic N) is 4. The Balaban J connectivity index is 1.69. The second kappa shape index (κ2) is 7.44. The Kier molecular flexibility index (Phi) is 5.25. The summed E-state index contributed by atoms with van der Waals surface area (Å²) in [6.45, 7) is 6.21. The van der Waals surface area contributed by atoms with E-state index in [4.69, 9.17) is 5.26 Å². The van der Waals surface area contributed by atoms with Crippen molar-refractivity contribution in [3.05, 3.63) is 53.9 Å². The molecule has 1 saturated heterocycles. The van der Waals surface area contributed by atoms with Gasteiger partial charge in [0, 0.05) is 26.2 Å². The second-order valence-electron chi connectivity index (χ2n) is 6.63. The molecule has 0 unspecified atom stereocenters. The monoisotopic (exact) mass is 370 g/mol. The summed E-state index contributed by atoms with van der Waals surface area (Å²) in [6.07, 6.45) is 1.66. The lowest BCUT2D eigenvalue weighted by Gasteiger charge is -2.35. The summed E-state index contributed by atoms with van der Waals surface area (Å²) in [4.78, 5) is 6.50. The molecule has 1 aliphatic rings. The van der Waals surface area contributed by atoms with Crippen LogP contribution in [0.15, 0.2) is 47.5 Å². The number of pyridine rings is 1. The molecule has 0 amide bonds. The van der Waals surface area contributed by atoms with Gasteiger partial charge in [0.2, 0.25) is 10.0 Å².